The number of carbonyl (C=O) groups is 2. The molecule has 6 N–H and O–H groups in total. The van der Waals surface area contributed by atoms with Gasteiger partial charge in [-0.2, -0.15) is 0 Å². The molecule has 12 nitrogen and oxygen atoms in total. The van der Waals surface area contributed by atoms with Crippen LogP contribution in [0.15, 0.2) is 48.5 Å². The Bertz CT molecular complexity index is 1290. The fourth-order valence-electron chi connectivity index (χ4n) is 5.95. The van der Waals surface area contributed by atoms with Gasteiger partial charge >= 0.3 is 0 Å². The lowest BCUT2D eigenvalue weighted by Gasteiger charge is -2.43. The Labute approximate surface area is 228 Å². The minimum atomic E-state index is -1.64. The first-order chi connectivity index (χ1) is 19.0. The van der Waals surface area contributed by atoms with Gasteiger partial charge in [-0.3, -0.25) is 19.4 Å². The van der Waals surface area contributed by atoms with Crippen LogP contribution in [0.3, 0.4) is 0 Å². The van der Waals surface area contributed by atoms with Crippen molar-refractivity contribution in [1.82, 2.24) is 0 Å². The van der Waals surface area contributed by atoms with Gasteiger partial charge in [-0.15, -0.1) is 0 Å². The summed E-state index contributed by atoms with van der Waals surface area (Å²) in [6.45, 7) is 3.02. The number of carbonyl (C=O) groups excluding carboxylic acids is 2. The van der Waals surface area contributed by atoms with Gasteiger partial charge in [0.25, 0.3) is 11.8 Å². The molecule has 2 fully saturated rings. The third-order valence-electron chi connectivity index (χ3n) is 8.14. The third kappa shape index (κ3) is 3.76. The van der Waals surface area contributed by atoms with Crippen LogP contribution in [0.4, 0.5) is 11.4 Å². The molecule has 6 rings (SSSR count). The molecule has 0 bridgehead atoms. The van der Waals surface area contributed by atoms with Gasteiger partial charge < -0.3 is 40.1 Å². The van der Waals surface area contributed by atoms with Crippen molar-refractivity contribution in [3.63, 3.8) is 0 Å². The lowest BCUT2D eigenvalue weighted by Crippen LogP contribution is -2.62. The molecule has 0 saturated carbocycles. The van der Waals surface area contributed by atoms with E-state index in [1.54, 1.807) is 48.5 Å². The van der Waals surface area contributed by atoms with E-state index < -0.39 is 73.1 Å². The third-order valence-corrected chi connectivity index (χ3v) is 8.14. The van der Waals surface area contributed by atoms with Crippen LogP contribution < -0.4 is 9.80 Å². The van der Waals surface area contributed by atoms with Crippen LogP contribution in [0.25, 0.3) is 11.1 Å². The van der Waals surface area contributed by atoms with Crippen LogP contribution in [0.5, 0.6) is 0 Å². The smallest absolute Gasteiger partial charge is 0.262 e. The predicted molar refractivity (Wildman–Crippen MR) is 139 cm³/mol. The second-order valence-corrected chi connectivity index (χ2v) is 10.5. The summed E-state index contributed by atoms with van der Waals surface area (Å²) in [6, 6.07) is 13.3. The van der Waals surface area contributed by atoms with Crippen LogP contribution >= 0.6 is 0 Å². The minimum Gasteiger partial charge on any atom is -0.388 e. The topological polar surface area (TPSA) is 180 Å². The molecule has 2 aromatic rings. The van der Waals surface area contributed by atoms with Crippen molar-refractivity contribution in [3.05, 3.63) is 59.7 Å². The second kappa shape index (κ2) is 9.72. The zero-order chi connectivity index (χ0) is 28.6. The minimum absolute atomic E-state index is 0.0125. The van der Waals surface area contributed by atoms with E-state index in [-0.39, 0.29) is 11.1 Å². The van der Waals surface area contributed by atoms with Crippen molar-refractivity contribution in [3.8, 4) is 0 Å². The molecule has 4 aliphatic heterocycles. The number of para-hydroxylation sites is 2. The van der Waals surface area contributed by atoms with Gasteiger partial charge in [0.15, 0.2) is 12.5 Å². The lowest BCUT2D eigenvalue weighted by atomic mass is 9.96. The number of rotatable bonds is 2. The van der Waals surface area contributed by atoms with Gasteiger partial charge in [0.2, 0.25) is 0 Å². The van der Waals surface area contributed by atoms with E-state index in [9.17, 15) is 40.2 Å². The Balaban J connectivity index is 1.49. The molecule has 212 valence electrons. The van der Waals surface area contributed by atoms with E-state index in [4.69, 9.17) is 9.47 Å². The maximum atomic E-state index is 14.1. The van der Waals surface area contributed by atoms with E-state index in [1.165, 1.54) is 23.6 Å². The zero-order valence-corrected chi connectivity index (χ0v) is 21.6. The molecular weight excluding hydrogens is 524 g/mol. The molecule has 0 aromatic heterocycles. The molecule has 0 radical (unpaired) electrons. The number of hydrogen-bond donors (Lipinski definition) is 6. The highest BCUT2D eigenvalue weighted by Gasteiger charge is 2.53. The van der Waals surface area contributed by atoms with Gasteiger partial charge in [-0.05, 0) is 26.0 Å². The number of anilines is 2. The highest BCUT2D eigenvalue weighted by Crippen LogP contribution is 2.49. The van der Waals surface area contributed by atoms with E-state index in [2.05, 4.69) is 0 Å². The Morgan fingerprint density at radius 2 is 0.900 bits per heavy atom. The van der Waals surface area contributed by atoms with Gasteiger partial charge in [0, 0.05) is 11.1 Å². The summed E-state index contributed by atoms with van der Waals surface area (Å²) in [5.41, 5.74) is 1.45. The van der Waals surface area contributed by atoms with Crippen molar-refractivity contribution in [2.24, 2.45) is 0 Å². The molecule has 0 aliphatic carbocycles. The highest BCUT2D eigenvalue weighted by atomic mass is 16.6. The standard InChI is InChI=1S/C28H30N2O10/c1-11-19(31)21(33)23(35)27(39-11)29-15-9-5-3-7-13(15)17(25(29)37)18-14-8-4-6-10-16(14)30(26(18)38)28-24(36)22(34)20(32)12(2)40-28/h3-12,19-24,27-28,31-36H,1-2H3/b18-17+/t11-,12-,19-,20-,21+,22+,23+,24+,27-,28-/m0/s1. The van der Waals surface area contributed by atoms with E-state index in [1.807, 2.05) is 0 Å². The number of benzene rings is 2. The molecule has 2 amide bonds. The number of amides is 2. The molecule has 0 unspecified atom stereocenters. The quantitative estimate of drug-likeness (QED) is 0.251. The first-order valence-electron chi connectivity index (χ1n) is 13.0. The van der Waals surface area contributed by atoms with E-state index in [0.29, 0.717) is 22.5 Å². The average Bonchev–Trinajstić information content (AvgIpc) is 3.39. The summed E-state index contributed by atoms with van der Waals surface area (Å²) in [4.78, 5) is 30.6. The van der Waals surface area contributed by atoms with E-state index in [0.717, 1.165) is 0 Å². The number of hydrogen-bond acceptors (Lipinski definition) is 10. The summed E-state index contributed by atoms with van der Waals surface area (Å²) in [6.07, 6.45) is -13.7. The number of fused-ring (bicyclic) bond motifs is 2. The first kappa shape index (κ1) is 27.0. The summed E-state index contributed by atoms with van der Waals surface area (Å²) >= 11 is 0. The number of aliphatic hydroxyl groups excluding tert-OH is 6. The number of aliphatic hydroxyl groups is 6. The van der Waals surface area contributed by atoms with Crippen molar-refractivity contribution < 1.29 is 49.7 Å². The predicted octanol–water partition coefficient (Wildman–Crippen LogP) is -1.05. The van der Waals surface area contributed by atoms with Gasteiger partial charge in [0.05, 0.1) is 34.7 Å². The summed E-state index contributed by atoms with van der Waals surface area (Å²) in [7, 11) is 0. The summed E-state index contributed by atoms with van der Waals surface area (Å²) in [5, 5.41) is 62.8. The zero-order valence-electron chi connectivity index (χ0n) is 21.6. The molecule has 0 spiro atoms. The molecular formula is C28H30N2O10. The normalized spacial score (nSPS) is 39.5. The van der Waals surface area contributed by atoms with Crippen molar-refractivity contribution >= 4 is 34.3 Å². The Kier molecular flexibility index (Phi) is 6.56. The van der Waals surface area contributed by atoms with Crippen molar-refractivity contribution in [1.29, 1.82) is 0 Å². The second-order valence-electron chi connectivity index (χ2n) is 10.5. The SMILES string of the molecule is C[C@@H]1O[C@H](N2C(=O)/C(=C3/C(=O)N([C@H]4O[C@@H](C)[C@H](O)[C@@H](O)[C@H]4O)c4ccccc43)c3ccccc32)[C@H](O)[C@H](O)[C@H]1O. The van der Waals surface area contributed by atoms with Crippen LogP contribution in [-0.4, -0.2) is 104 Å². The van der Waals surface area contributed by atoms with Crippen LogP contribution in [-0.2, 0) is 19.1 Å². The summed E-state index contributed by atoms with van der Waals surface area (Å²) < 4.78 is 11.6. The molecule has 4 heterocycles. The van der Waals surface area contributed by atoms with E-state index >= 15 is 0 Å². The largest absolute Gasteiger partial charge is 0.388 e. The first-order valence-corrected chi connectivity index (χ1v) is 13.0. The Morgan fingerprint density at radius 3 is 1.27 bits per heavy atom. The van der Waals surface area contributed by atoms with Crippen LogP contribution in [0, 0.1) is 0 Å². The monoisotopic (exact) mass is 554 g/mol. The average molecular weight is 555 g/mol. The van der Waals surface area contributed by atoms with Crippen LogP contribution in [0.1, 0.15) is 25.0 Å². The fourth-order valence-corrected chi connectivity index (χ4v) is 5.95. The fraction of sp³-hybridized carbons (Fsp3) is 0.429. The maximum absolute atomic E-state index is 14.1. The number of nitrogens with zero attached hydrogens (tertiary/aromatic N) is 2. The number of ether oxygens (including phenoxy) is 2. The molecule has 40 heavy (non-hydrogen) atoms. The van der Waals surface area contributed by atoms with Gasteiger partial charge in [-0.1, -0.05) is 36.4 Å². The molecule has 2 aromatic carbocycles. The molecule has 12 heteroatoms. The van der Waals surface area contributed by atoms with Crippen molar-refractivity contribution in [2.75, 3.05) is 9.80 Å². The maximum Gasteiger partial charge on any atom is 0.262 e. The molecule has 4 aliphatic rings. The Hall–Kier alpha value is -3.20. The van der Waals surface area contributed by atoms with Gasteiger partial charge in [-0.25, -0.2) is 0 Å². The molecule has 2 saturated heterocycles. The van der Waals surface area contributed by atoms with Crippen molar-refractivity contribution in [2.45, 2.75) is 75.1 Å². The lowest BCUT2D eigenvalue weighted by molar-refractivity contribution is -0.216. The Morgan fingerprint density at radius 1 is 0.550 bits per heavy atom. The van der Waals surface area contributed by atoms with Crippen LogP contribution in [0.2, 0.25) is 0 Å². The summed E-state index contributed by atoms with van der Waals surface area (Å²) in [5.74, 6) is -1.34. The molecule has 10 atom stereocenters. The van der Waals surface area contributed by atoms with Gasteiger partial charge in [0.1, 0.15) is 36.6 Å². The highest BCUT2D eigenvalue weighted by molar-refractivity contribution is 6.50.